The average Bonchev–Trinajstić information content (AvgIpc) is 3.07. The van der Waals surface area contributed by atoms with Gasteiger partial charge in [-0.05, 0) is 45.1 Å². The van der Waals surface area contributed by atoms with Crippen LogP contribution in [0, 0.1) is 5.92 Å². The molecule has 0 radical (unpaired) electrons. The zero-order chi connectivity index (χ0) is 15.5. The first-order chi connectivity index (χ1) is 10.0. The largest absolute Gasteiger partial charge is 0.370 e. The number of rotatable bonds is 7. The highest BCUT2D eigenvalue weighted by molar-refractivity contribution is 5.08. The molecule has 1 N–H and O–H groups in total. The molecule has 1 aliphatic rings. The second-order valence-electron chi connectivity index (χ2n) is 6.48. The third-order valence-corrected chi connectivity index (χ3v) is 4.72. The van der Waals surface area contributed by atoms with Crippen LogP contribution in [0.15, 0.2) is 4.52 Å². The van der Waals surface area contributed by atoms with E-state index in [0.717, 1.165) is 31.1 Å². The number of hydrogen-bond acceptors (Lipinski definition) is 5. The Kier molecular flexibility index (Phi) is 5.38. The summed E-state index contributed by atoms with van der Waals surface area (Å²) in [5.74, 6) is 2.12. The van der Waals surface area contributed by atoms with E-state index in [2.05, 4.69) is 38.2 Å². The monoisotopic (exact) mass is 295 g/mol. The van der Waals surface area contributed by atoms with Crippen LogP contribution in [0.2, 0.25) is 0 Å². The average molecular weight is 295 g/mol. The molecule has 0 bridgehead atoms. The Balaban J connectivity index is 2.24. The van der Waals surface area contributed by atoms with Gasteiger partial charge in [0.15, 0.2) is 0 Å². The Hall–Kier alpha value is -0.940. The van der Waals surface area contributed by atoms with Gasteiger partial charge in [0.25, 0.3) is 0 Å². The van der Waals surface area contributed by atoms with Gasteiger partial charge in [0.05, 0.1) is 5.92 Å². The zero-order valence-electron chi connectivity index (χ0n) is 14.0. The standard InChI is InChI=1S/C16H29N3O2/c1-6-17-12(4)13(11(2)3)14-18-15(19-21-14)16(20-5)9-7-8-10-16/h11-13,17H,6-10H2,1-5H3. The molecule has 1 fully saturated rings. The molecule has 0 spiro atoms. The Morgan fingerprint density at radius 1 is 1.29 bits per heavy atom. The van der Waals surface area contributed by atoms with Crippen LogP contribution in [0.4, 0.5) is 0 Å². The van der Waals surface area contributed by atoms with E-state index in [4.69, 9.17) is 14.2 Å². The predicted molar refractivity (Wildman–Crippen MR) is 82.2 cm³/mol. The van der Waals surface area contributed by atoms with Crippen molar-refractivity contribution >= 4 is 0 Å². The van der Waals surface area contributed by atoms with Gasteiger partial charge >= 0.3 is 0 Å². The second kappa shape index (κ2) is 6.88. The third-order valence-electron chi connectivity index (χ3n) is 4.72. The highest BCUT2D eigenvalue weighted by atomic mass is 16.5. The van der Waals surface area contributed by atoms with E-state index in [1.165, 1.54) is 12.8 Å². The van der Waals surface area contributed by atoms with E-state index in [-0.39, 0.29) is 11.5 Å². The van der Waals surface area contributed by atoms with Crippen molar-refractivity contribution in [3.05, 3.63) is 11.7 Å². The summed E-state index contributed by atoms with van der Waals surface area (Å²) in [6, 6.07) is 0.311. The van der Waals surface area contributed by atoms with Gasteiger partial charge in [0, 0.05) is 13.2 Å². The van der Waals surface area contributed by atoms with Gasteiger partial charge in [-0.2, -0.15) is 4.98 Å². The van der Waals surface area contributed by atoms with Crippen LogP contribution in [-0.4, -0.2) is 29.8 Å². The SMILES string of the molecule is CCNC(C)C(c1nc(C2(OC)CCCC2)no1)C(C)C. The lowest BCUT2D eigenvalue weighted by atomic mass is 9.89. The quantitative estimate of drug-likeness (QED) is 0.837. The summed E-state index contributed by atoms with van der Waals surface area (Å²) in [5.41, 5.74) is -0.329. The van der Waals surface area contributed by atoms with Crippen LogP contribution < -0.4 is 5.32 Å². The summed E-state index contributed by atoms with van der Waals surface area (Å²) in [6.45, 7) is 9.63. The molecule has 0 aliphatic heterocycles. The molecule has 0 aromatic carbocycles. The van der Waals surface area contributed by atoms with Crippen LogP contribution >= 0.6 is 0 Å². The van der Waals surface area contributed by atoms with E-state index in [1.807, 2.05) is 0 Å². The first-order valence-electron chi connectivity index (χ1n) is 8.16. The fourth-order valence-electron chi connectivity index (χ4n) is 3.55. The lowest BCUT2D eigenvalue weighted by Crippen LogP contribution is -2.35. The van der Waals surface area contributed by atoms with Crippen LogP contribution in [0.1, 0.15) is 71.0 Å². The van der Waals surface area contributed by atoms with E-state index in [1.54, 1.807) is 7.11 Å². The van der Waals surface area contributed by atoms with Gasteiger partial charge in [0.1, 0.15) is 5.60 Å². The van der Waals surface area contributed by atoms with Gasteiger partial charge < -0.3 is 14.6 Å². The first kappa shape index (κ1) is 16.4. The number of nitrogens with one attached hydrogen (secondary N) is 1. The molecular formula is C16H29N3O2. The van der Waals surface area contributed by atoms with Crippen LogP contribution in [0.25, 0.3) is 0 Å². The number of ether oxygens (including phenoxy) is 1. The van der Waals surface area contributed by atoms with Crippen molar-refractivity contribution in [3.63, 3.8) is 0 Å². The second-order valence-corrected chi connectivity index (χ2v) is 6.48. The minimum atomic E-state index is -0.329. The highest BCUT2D eigenvalue weighted by Crippen LogP contribution is 2.41. The van der Waals surface area contributed by atoms with Crippen molar-refractivity contribution in [1.29, 1.82) is 0 Å². The van der Waals surface area contributed by atoms with Crippen molar-refractivity contribution in [1.82, 2.24) is 15.5 Å². The predicted octanol–water partition coefficient (Wildman–Crippen LogP) is 3.22. The first-order valence-corrected chi connectivity index (χ1v) is 8.16. The van der Waals surface area contributed by atoms with Gasteiger partial charge in [-0.15, -0.1) is 0 Å². The maximum atomic E-state index is 5.75. The summed E-state index contributed by atoms with van der Waals surface area (Å²) in [7, 11) is 1.75. The summed E-state index contributed by atoms with van der Waals surface area (Å²) in [4.78, 5) is 4.72. The van der Waals surface area contributed by atoms with Crippen molar-refractivity contribution in [2.45, 2.75) is 70.9 Å². The molecule has 1 saturated carbocycles. The number of nitrogens with zero attached hydrogens (tertiary/aromatic N) is 2. The summed E-state index contributed by atoms with van der Waals surface area (Å²) in [5, 5.41) is 7.72. The smallest absolute Gasteiger partial charge is 0.231 e. The molecule has 0 amide bonds. The minimum absolute atomic E-state index is 0.224. The van der Waals surface area contributed by atoms with E-state index in [9.17, 15) is 0 Å². The molecule has 120 valence electrons. The molecule has 0 saturated heterocycles. The maximum absolute atomic E-state index is 5.75. The third kappa shape index (κ3) is 3.29. The molecule has 1 aromatic rings. The van der Waals surface area contributed by atoms with Crippen molar-refractivity contribution in [2.24, 2.45) is 5.92 Å². The Morgan fingerprint density at radius 3 is 2.48 bits per heavy atom. The Labute approximate surface area is 127 Å². The lowest BCUT2D eigenvalue weighted by Gasteiger charge is -2.25. The normalized spacial score (nSPS) is 20.9. The van der Waals surface area contributed by atoms with Crippen LogP contribution in [0.3, 0.4) is 0 Å². The molecule has 2 atom stereocenters. The van der Waals surface area contributed by atoms with Crippen molar-refractivity contribution in [2.75, 3.05) is 13.7 Å². The molecule has 1 aromatic heterocycles. The van der Waals surface area contributed by atoms with Gasteiger partial charge in [-0.3, -0.25) is 0 Å². The van der Waals surface area contributed by atoms with Gasteiger partial charge in [0.2, 0.25) is 11.7 Å². The molecule has 1 heterocycles. The number of likely N-dealkylation sites (N-methyl/N-ethyl adjacent to an activating group) is 1. The number of methoxy groups -OCH3 is 1. The molecule has 2 unspecified atom stereocenters. The number of hydrogen-bond donors (Lipinski definition) is 1. The van der Waals surface area contributed by atoms with Crippen molar-refractivity contribution < 1.29 is 9.26 Å². The zero-order valence-corrected chi connectivity index (χ0v) is 14.0. The number of aromatic nitrogens is 2. The molecule has 1 aliphatic carbocycles. The minimum Gasteiger partial charge on any atom is -0.370 e. The molecule has 2 rings (SSSR count). The molecule has 5 nitrogen and oxygen atoms in total. The van der Waals surface area contributed by atoms with E-state index in [0.29, 0.717) is 12.0 Å². The van der Waals surface area contributed by atoms with Crippen LogP contribution in [0.5, 0.6) is 0 Å². The maximum Gasteiger partial charge on any atom is 0.231 e. The summed E-state index contributed by atoms with van der Waals surface area (Å²) >= 11 is 0. The van der Waals surface area contributed by atoms with Gasteiger partial charge in [-0.25, -0.2) is 0 Å². The fraction of sp³-hybridized carbons (Fsp3) is 0.875. The Bertz CT molecular complexity index is 438. The summed E-state index contributed by atoms with van der Waals surface area (Å²) < 4.78 is 11.4. The van der Waals surface area contributed by atoms with E-state index >= 15 is 0 Å². The molecular weight excluding hydrogens is 266 g/mol. The fourth-order valence-corrected chi connectivity index (χ4v) is 3.55. The van der Waals surface area contributed by atoms with Crippen LogP contribution in [-0.2, 0) is 10.3 Å². The van der Waals surface area contributed by atoms with E-state index < -0.39 is 0 Å². The van der Waals surface area contributed by atoms with Crippen molar-refractivity contribution in [3.8, 4) is 0 Å². The molecule has 5 heteroatoms. The lowest BCUT2D eigenvalue weighted by molar-refractivity contribution is -0.0178. The Morgan fingerprint density at radius 2 is 1.95 bits per heavy atom. The molecule has 21 heavy (non-hydrogen) atoms. The highest BCUT2D eigenvalue weighted by Gasteiger charge is 2.41. The van der Waals surface area contributed by atoms with Gasteiger partial charge in [-0.1, -0.05) is 25.9 Å². The summed E-state index contributed by atoms with van der Waals surface area (Å²) in [6.07, 6.45) is 4.30. The topological polar surface area (TPSA) is 60.2 Å².